The quantitative estimate of drug-likeness (QED) is 0.719. The summed E-state index contributed by atoms with van der Waals surface area (Å²) in [4.78, 5) is 13.3. The molecule has 2 nitrogen and oxygen atoms in total. The molecule has 3 aromatic carbocycles. The van der Waals surface area contributed by atoms with Gasteiger partial charge in [-0.15, -0.1) is 11.8 Å². The lowest BCUT2D eigenvalue weighted by molar-refractivity contribution is 0.0948. The minimum atomic E-state index is -0.0295. The minimum Gasteiger partial charge on any atom is -0.348 e. The van der Waals surface area contributed by atoms with Gasteiger partial charge in [-0.25, -0.2) is 0 Å². The Hall–Kier alpha value is -2.26. The predicted molar refractivity (Wildman–Crippen MR) is 93.3 cm³/mol. The molecular weight excluding hydrogens is 290 g/mol. The number of benzene rings is 3. The van der Waals surface area contributed by atoms with Gasteiger partial charge in [0.05, 0.1) is 5.56 Å². The third kappa shape index (κ3) is 3.15. The van der Waals surface area contributed by atoms with Crippen LogP contribution in [0.5, 0.6) is 0 Å². The SMILES string of the molecule is CSc1ccccc1C(=O)NCc1ccc2ccccc2c1. The van der Waals surface area contributed by atoms with Gasteiger partial charge >= 0.3 is 0 Å². The third-order valence-electron chi connectivity index (χ3n) is 3.62. The summed E-state index contributed by atoms with van der Waals surface area (Å²) >= 11 is 1.59. The number of nitrogens with one attached hydrogen (secondary N) is 1. The summed E-state index contributed by atoms with van der Waals surface area (Å²) in [6.07, 6.45) is 1.98. The van der Waals surface area contributed by atoms with Crippen LogP contribution in [-0.4, -0.2) is 12.2 Å². The maximum absolute atomic E-state index is 12.3. The van der Waals surface area contributed by atoms with Crippen LogP contribution in [0.15, 0.2) is 71.6 Å². The molecule has 0 unspecified atom stereocenters. The molecule has 0 saturated carbocycles. The molecule has 0 fully saturated rings. The highest BCUT2D eigenvalue weighted by Crippen LogP contribution is 2.20. The van der Waals surface area contributed by atoms with E-state index < -0.39 is 0 Å². The first kappa shape index (κ1) is 14.7. The first-order valence-corrected chi connectivity index (χ1v) is 8.39. The molecule has 3 rings (SSSR count). The van der Waals surface area contributed by atoms with Crippen LogP contribution in [0.2, 0.25) is 0 Å². The first-order chi connectivity index (χ1) is 10.8. The summed E-state index contributed by atoms with van der Waals surface area (Å²) in [5, 5.41) is 5.41. The number of fused-ring (bicyclic) bond motifs is 1. The van der Waals surface area contributed by atoms with Crippen molar-refractivity contribution in [3.8, 4) is 0 Å². The molecule has 0 aromatic heterocycles. The molecule has 3 aromatic rings. The Morgan fingerprint density at radius 3 is 2.50 bits per heavy atom. The second-order valence-corrected chi connectivity index (χ2v) is 5.91. The average molecular weight is 307 g/mol. The Labute approximate surface area is 134 Å². The second-order valence-electron chi connectivity index (χ2n) is 5.06. The molecule has 1 amide bonds. The Morgan fingerprint density at radius 2 is 1.68 bits per heavy atom. The maximum atomic E-state index is 12.3. The molecular formula is C19H17NOS. The highest BCUT2D eigenvalue weighted by Gasteiger charge is 2.09. The van der Waals surface area contributed by atoms with Crippen LogP contribution in [0, 0.1) is 0 Å². The van der Waals surface area contributed by atoms with Gasteiger partial charge in [-0.1, -0.05) is 48.5 Å². The van der Waals surface area contributed by atoms with Crippen molar-refractivity contribution in [1.82, 2.24) is 5.32 Å². The molecule has 110 valence electrons. The van der Waals surface area contributed by atoms with Crippen molar-refractivity contribution < 1.29 is 4.79 Å². The van der Waals surface area contributed by atoms with E-state index in [0.29, 0.717) is 6.54 Å². The molecule has 0 aliphatic rings. The van der Waals surface area contributed by atoms with Crippen LogP contribution in [0.1, 0.15) is 15.9 Å². The second kappa shape index (κ2) is 6.67. The Balaban J connectivity index is 1.74. The van der Waals surface area contributed by atoms with Crippen LogP contribution in [0.4, 0.5) is 0 Å². The summed E-state index contributed by atoms with van der Waals surface area (Å²) < 4.78 is 0. The molecule has 3 heteroatoms. The third-order valence-corrected chi connectivity index (χ3v) is 4.41. The zero-order chi connectivity index (χ0) is 15.4. The van der Waals surface area contributed by atoms with Crippen molar-refractivity contribution in [3.05, 3.63) is 77.9 Å². The van der Waals surface area contributed by atoms with E-state index in [4.69, 9.17) is 0 Å². The normalized spacial score (nSPS) is 10.6. The van der Waals surface area contributed by atoms with Gasteiger partial charge in [0.1, 0.15) is 0 Å². The topological polar surface area (TPSA) is 29.1 Å². The van der Waals surface area contributed by atoms with Gasteiger partial charge in [0.25, 0.3) is 5.91 Å². The van der Waals surface area contributed by atoms with E-state index in [1.165, 1.54) is 10.8 Å². The van der Waals surface area contributed by atoms with Gasteiger partial charge in [0.2, 0.25) is 0 Å². The van der Waals surface area contributed by atoms with E-state index in [0.717, 1.165) is 16.0 Å². The molecule has 0 spiro atoms. The largest absolute Gasteiger partial charge is 0.348 e. The standard InChI is InChI=1S/C19H17NOS/c1-22-18-9-5-4-8-17(18)19(21)20-13-14-10-11-15-6-2-3-7-16(15)12-14/h2-12H,13H2,1H3,(H,20,21). The van der Waals surface area contributed by atoms with E-state index in [1.807, 2.05) is 42.7 Å². The molecule has 0 atom stereocenters. The number of amides is 1. The van der Waals surface area contributed by atoms with Crippen LogP contribution in [0.3, 0.4) is 0 Å². The van der Waals surface area contributed by atoms with E-state index in [9.17, 15) is 4.79 Å². The zero-order valence-corrected chi connectivity index (χ0v) is 13.2. The van der Waals surface area contributed by atoms with Crippen LogP contribution in [-0.2, 0) is 6.54 Å². The molecule has 0 radical (unpaired) electrons. The summed E-state index contributed by atoms with van der Waals surface area (Å²) in [5.74, 6) is -0.0295. The zero-order valence-electron chi connectivity index (χ0n) is 12.4. The fourth-order valence-corrected chi connectivity index (χ4v) is 3.05. The molecule has 0 saturated heterocycles. The minimum absolute atomic E-state index is 0.0295. The fourth-order valence-electron chi connectivity index (χ4n) is 2.46. The number of thioether (sulfide) groups is 1. The van der Waals surface area contributed by atoms with Gasteiger partial charge in [-0.05, 0) is 40.8 Å². The molecule has 22 heavy (non-hydrogen) atoms. The van der Waals surface area contributed by atoms with Crippen LogP contribution < -0.4 is 5.32 Å². The van der Waals surface area contributed by atoms with E-state index >= 15 is 0 Å². The highest BCUT2D eigenvalue weighted by molar-refractivity contribution is 7.98. The molecule has 1 N–H and O–H groups in total. The van der Waals surface area contributed by atoms with Crippen molar-refractivity contribution >= 4 is 28.4 Å². The van der Waals surface area contributed by atoms with Crippen molar-refractivity contribution in [1.29, 1.82) is 0 Å². The molecule has 0 bridgehead atoms. The van der Waals surface area contributed by atoms with E-state index in [1.54, 1.807) is 11.8 Å². The molecule has 0 heterocycles. The Bertz CT molecular complexity index is 813. The molecule has 0 aliphatic carbocycles. The summed E-state index contributed by atoms with van der Waals surface area (Å²) in [7, 11) is 0. The fraction of sp³-hybridized carbons (Fsp3) is 0.105. The van der Waals surface area contributed by atoms with Gasteiger partial charge < -0.3 is 5.32 Å². The van der Waals surface area contributed by atoms with Crippen LogP contribution >= 0.6 is 11.8 Å². The lowest BCUT2D eigenvalue weighted by atomic mass is 10.1. The lowest BCUT2D eigenvalue weighted by Crippen LogP contribution is -2.23. The number of carbonyl (C=O) groups is 1. The number of hydrogen-bond acceptors (Lipinski definition) is 2. The van der Waals surface area contributed by atoms with Gasteiger partial charge in [-0.3, -0.25) is 4.79 Å². The number of hydrogen-bond donors (Lipinski definition) is 1. The van der Waals surface area contributed by atoms with Crippen LogP contribution in [0.25, 0.3) is 10.8 Å². The monoisotopic (exact) mass is 307 g/mol. The van der Waals surface area contributed by atoms with Crippen molar-refractivity contribution in [3.63, 3.8) is 0 Å². The van der Waals surface area contributed by atoms with Gasteiger partial charge in [0.15, 0.2) is 0 Å². The first-order valence-electron chi connectivity index (χ1n) is 7.17. The van der Waals surface area contributed by atoms with Crippen molar-refractivity contribution in [2.24, 2.45) is 0 Å². The van der Waals surface area contributed by atoms with E-state index in [-0.39, 0.29) is 5.91 Å². The number of carbonyl (C=O) groups excluding carboxylic acids is 1. The van der Waals surface area contributed by atoms with Gasteiger partial charge in [0, 0.05) is 11.4 Å². The number of rotatable bonds is 4. The van der Waals surface area contributed by atoms with Gasteiger partial charge in [-0.2, -0.15) is 0 Å². The highest BCUT2D eigenvalue weighted by atomic mass is 32.2. The van der Waals surface area contributed by atoms with E-state index in [2.05, 4.69) is 35.6 Å². The summed E-state index contributed by atoms with van der Waals surface area (Å²) in [6.45, 7) is 0.534. The van der Waals surface area contributed by atoms with Crippen molar-refractivity contribution in [2.45, 2.75) is 11.4 Å². The molecule has 0 aliphatic heterocycles. The van der Waals surface area contributed by atoms with Crippen molar-refractivity contribution in [2.75, 3.05) is 6.26 Å². The summed E-state index contributed by atoms with van der Waals surface area (Å²) in [5.41, 5.74) is 1.84. The smallest absolute Gasteiger partial charge is 0.252 e. The Morgan fingerprint density at radius 1 is 0.955 bits per heavy atom. The summed E-state index contributed by atoms with van der Waals surface area (Å²) in [6, 6.07) is 22.2. The Kier molecular flexibility index (Phi) is 4.45. The maximum Gasteiger partial charge on any atom is 0.252 e. The lowest BCUT2D eigenvalue weighted by Gasteiger charge is -2.09. The predicted octanol–water partition coefficient (Wildman–Crippen LogP) is 4.49. The average Bonchev–Trinajstić information content (AvgIpc) is 2.59.